The van der Waals surface area contributed by atoms with Crippen molar-refractivity contribution >= 4 is 17.3 Å². The number of esters is 1. The fourth-order valence-electron chi connectivity index (χ4n) is 1.30. The first-order valence-electron chi connectivity index (χ1n) is 4.38. The Hall–Kier alpha value is -1.91. The van der Waals surface area contributed by atoms with Crippen molar-refractivity contribution in [1.29, 1.82) is 0 Å². The highest BCUT2D eigenvalue weighted by molar-refractivity contribution is 5.93. The molecule has 5 heteroatoms. The summed E-state index contributed by atoms with van der Waals surface area (Å²) in [6.07, 6.45) is 0. The molecule has 1 aromatic rings. The molecule has 0 aliphatic heterocycles. The van der Waals surface area contributed by atoms with E-state index in [1.165, 1.54) is 13.2 Å². The lowest BCUT2D eigenvalue weighted by Gasteiger charge is -2.08. The van der Waals surface area contributed by atoms with E-state index in [1.54, 1.807) is 20.0 Å². The molecule has 0 aliphatic carbocycles. The Kier molecular flexibility index (Phi) is 3.38. The predicted molar refractivity (Wildman–Crippen MR) is 57.5 cm³/mol. The van der Waals surface area contributed by atoms with Crippen molar-refractivity contribution < 1.29 is 9.53 Å². The van der Waals surface area contributed by atoms with Crippen molar-refractivity contribution in [2.45, 2.75) is 6.92 Å². The summed E-state index contributed by atoms with van der Waals surface area (Å²) in [6, 6.07) is 3.10. The minimum atomic E-state index is -0.472. The number of benzene rings is 1. The number of aryl methyl sites for hydroxylation is 1. The smallest absolute Gasteiger partial charge is 0.338 e. The Bertz CT molecular complexity index is 402. The first-order valence-corrected chi connectivity index (χ1v) is 4.38. The third kappa shape index (κ3) is 2.12. The summed E-state index contributed by atoms with van der Waals surface area (Å²) in [5.74, 6) is -0.472. The molecular weight excluding hydrogens is 196 g/mol. The molecule has 0 spiro atoms. The monoisotopic (exact) mass is 208 g/mol. The molecule has 0 saturated heterocycles. The molecule has 1 N–H and O–H groups in total. The molecule has 0 unspecified atom stereocenters. The van der Waals surface area contributed by atoms with Gasteiger partial charge in [-0.3, -0.25) is 0 Å². The fraction of sp³-hybridized carbons (Fsp3) is 0.300. The van der Waals surface area contributed by atoms with Gasteiger partial charge in [-0.2, -0.15) is 0 Å². The van der Waals surface area contributed by atoms with Crippen LogP contribution in [0.25, 0.3) is 0 Å². The molecule has 0 amide bonds. The van der Waals surface area contributed by atoms with Crippen LogP contribution in [0.3, 0.4) is 0 Å². The average molecular weight is 208 g/mol. The fourth-order valence-corrected chi connectivity index (χ4v) is 1.30. The van der Waals surface area contributed by atoms with Crippen LogP contribution in [-0.4, -0.2) is 20.1 Å². The zero-order valence-corrected chi connectivity index (χ0v) is 8.83. The second-order valence-corrected chi connectivity index (χ2v) is 3.02. The minimum absolute atomic E-state index is 0.198. The van der Waals surface area contributed by atoms with Gasteiger partial charge in [0, 0.05) is 7.05 Å². The van der Waals surface area contributed by atoms with Crippen molar-refractivity contribution in [2.75, 3.05) is 19.5 Å². The topological polar surface area (TPSA) is 67.8 Å². The SMILES string of the molecule is CNc1cc(C)c(C(=O)OC)cc1N=O. The summed E-state index contributed by atoms with van der Waals surface area (Å²) in [7, 11) is 2.98. The van der Waals surface area contributed by atoms with Crippen LogP contribution in [0.1, 0.15) is 15.9 Å². The number of methoxy groups -OCH3 is 1. The molecule has 15 heavy (non-hydrogen) atoms. The first kappa shape index (κ1) is 11.2. The summed E-state index contributed by atoms with van der Waals surface area (Å²) >= 11 is 0. The third-order valence-electron chi connectivity index (χ3n) is 2.12. The van der Waals surface area contributed by atoms with Gasteiger partial charge in [-0.25, -0.2) is 4.79 Å². The predicted octanol–water partition coefficient (Wildman–Crippen LogP) is 2.22. The number of hydrogen-bond donors (Lipinski definition) is 1. The zero-order chi connectivity index (χ0) is 11.4. The molecule has 0 saturated carbocycles. The summed E-state index contributed by atoms with van der Waals surface area (Å²) in [4.78, 5) is 21.8. The molecule has 0 fully saturated rings. The second-order valence-electron chi connectivity index (χ2n) is 3.02. The number of carbonyl (C=O) groups is 1. The lowest BCUT2D eigenvalue weighted by atomic mass is 10.1. The van der Waals surface area contributed by atoms with E-state index in [0.29, 0.717) is 11.3 Å². The number of nitrogens with one attached hydrogen (secondary N) is 1. The molecular formula is C10H12N2O3. The molecule has 0 heterocycles. The van der Waals surface area contributed by atoms with E-state index in [4.69, 9.17) is 0 Å². The summed E-state index contributed by atoms with van der Waals surface area (Å²) in [6.45, 7) is 1.77. The molecule has 0 aromatic heterocycles. The normalized spacial score (nSPS) is 9.53. The van der Waals surface area contributed by atoms with Crippen LogP contribution in [-0.2, 0) is 4.74 Å². The van der Waals surface area contributed by atoms with Gasteiger partial charge in [-0.1, -0.05) is 0 Å². The Labute approximate surface area is 87.4 Å². The Morgan fingerprint density at radius 1 is 1.47 bits per heavy atom. The molecule has 0 atom stereocenters. The van der Waals surface area contributed by atoms with E-state index in [1.807, 2.05) is 0 Å². The Balaban J connectivity index is 3.31. The largest absolute Gasteiger partial charge is 0.465 e. The summed E-state index contributed by atoms with van der Waals surface area (Å²) in [5.41, 5.74) is 1.88. The van der Waals surface area contributed by atoms with Gasteiger partial charge in [0.2, 0.25) is 0 Å². The van der Waals surface area contributed by atoms with Crippen molar-refractivity contribution in [3.05, 3.63) is 28.2 Å². The van der Waals surface area contributed by atoms with Gasteiger partial charge in [0.25, 0.3) is 0 Å². The first-order chi connectivity index (χ1) is 7.13. The maximum atomic E-state index is 11.3. The Morgan fingerprint density at radius 3 is 2.60 bits per heavy atom. The summed E-state index contributed by atoms with van der Waals surface area (Å²) < 4.78 is 4.59. The van der Waals surface area contributed by atoms with Gasteiger partial charge in [0.1, 0.15) is 5.69 Å². The van der Waals surface area contributed by atoms with Crippen LogP contribution in [0.15, 0.2) is 17.3 Å². The van der Waals surface area contributed by atoms with E-state index in [-0.39, 0.29) is 5.69 Å². The molecule has 1 aromatic carbocycles. The summed E-state index contributed by atoms with van der Waals surface area (Å²) in [5, 5.41) is 5.67. The van der Waals surface area contributed by atoms with Gasteiger partial charge < -0.3 is 10.1 Å². The van der Waals surface area contributed by atoms with E-state index < -0.39 is 5.97 Å². The highest BCUT2D eigenvalue weighted by atomic mass is 16.5. The average Bonchev–Trinajstić information content (AvgIpc) is 2.27. The minimum Gasteiger partial charge on any atom is -0.465 e. The highest BCUT2D eigenvalue weighted by Crippen LogP contribution is 2.28. The van der Waals surface area contributed by atoms with Crippen LogP contribution in [0.2, 0.25) is 0 Å². The number of rotatable bonds is 3. The van der Waals surface area contributed by atoms with Crippen LogP contribution in [0, 0.1) is 11.8 Å². The van der Waals surface area contributed by atoms with Gasteiger partial charge in [-0.05, 0) is 29.8 Å². The molecule has 5 nitrogen and oxygen atoms in total. The van der Waals surface area contributed by atoms with Gasteiger partial charge in [0.15, 0.2) is 0 Å². The maximum absolute atomic E-state index is 11.3. The quantitative estimate of drug-likeness (QED) is 0.610. The van der Waals surface area contributed by atoms with E-state index in [2.05, 4.69) is 15.2 Å². The van der Waals surface area contributed by atoms with E-state index >= 15 is 0 Å². The van der Waals surface area contributed by atoms with Crippen LogP contribution < -0.4 is 5.32 Å². The highest BCUT2D eigenvalue weighted by Gasteiger charge is 2.13. The number of hydrogen-bond acceptors (Lipinski definition) is 5. The third-order valence-corrected chi connectivity index (χ3v) is 2.12. The molecule has 80 valence electrons. The molecule has 1 rings (SSSR count). The van der Waals surface area contributed by atoms with Crippen molar-refractivity contribution in [3.8, 4) is 0 Å². The van der Waals surface area contributed by atoms with Crippen molar-refractivity contribution in [1.82, 2.24) is 0 Å². The van der Waals surface area contributed by atoms with E-state index in [9.17, 15) is 9.70 Å². The number of anilines is 1. The zero-order valence-electron chi connectivity index (χ0n) is 8.83. The van der Waals surface area contributed by atoms with E-state index in [0.717, 1.165) is 5.56 Å². The molecule has 0 radical (unpaired) electrons. The number of ether oxygens (including phenoxy) is 1. The maximum Gasteiger partial charge on any atom is 0.338 e. The van der Waals surface area contributed by atoms with Crippen molar-refractivity contribution in [3.63, 3.8) is 0 Å². The number of nitroso groups, excluding NO2 is 1. The second kappa shape index (κ2) is 4.54. The number of nitrogens with zero attached hydrogens (tertiary/aromatic N) is 1. The van der Waals surface area contributed by atoms with Crippen LogP contribution in [0.5, 0.6) is 0 Å². The Morgan fingerprint density at radius 2 is 2.13 bits per heavy atom. The lowest BCUT2D eigenvalue weighted by molar-refractivity contribution is 0.0600. The van der Waals surface area contributed by atoms with Crippen LogP contribution in [0.4, 0.5) is 11.4 Å². The molecule has 0 bridgehead atoms. The number of carbonyl (C=O) groups excluding carboxylic acids is 1. The molecule has 0 aliphatic rings. The van der Waals surface area contributed by atoms with Gasteiger partial charge in [0.05, 0.1) is 18.4 Å². The lowest BCUT2D eigenvalue weighted by Crippen LogP contribution is -2.04. The standard InChI is InChI=1S/C10H12N2O3/c1-6-4-8(11-2)9(12-14)5-7(6)10(13)15-3/h4-5,11H,1-3H3. The van der Waals surface area contributed by atoms with Crippen LogP contribution >= 0.6 is 0 Å². The van der Waals surface area contributed by atoms with Gasteiger partial charge >= 0.3 is 5.97 Å². The van der Waals surface area contributed by atoms with Crippen molar-refractivity contribution in [2.24, 2.45) is 5.18 Å². The van der Waals surface area contributed by atoms with Gasteiger partial charge in [-0.15, -0.1) is 4.91 Å².